The topological polar surface area (TPSA) is 56.5 Å². The zero-order valence-electron chi connectivity index (χ0n) is 14.3. The first kappa shape index (κ1) is 17.5. The first-order valence-electron chi connectivity index (χ1n) is 8.78. The predicted molar refractivity (Wildman–Crippen MR) is 97.5 cm³/mol. The van der Waals surface area contributed by atoms with Crippen LogP contribution < -0.4 is 4.74 Å². The summed E-state index contributed by atoms with van der Waals surface area (Å²) in [5.41, 5.74) is 2.35. The van der Waals surface area contributed by atoms with E-state index in [1.54, 1.807) is 0 Å². The van der Waals surface area contributed by atoms with Gasteiger partial charge < -0.3 is 14.7 Å². The third kappa shape index (κ3) is 5.06. The van der Waals surface area contributed by atoms with Gasteiger partial charge in [-0.2, -0.15) is 5.26 Å². The van der Waals surface area contributed by atoms with Crippen molar-refractivity contribution in [3.8, 4) is 11.8 Å². The molecule has 0 saturated carbocycles. The molecule has 1 aliphatic heterocycles. The fourth-order valence-electron chi connectivity index (χ4n) is 3.33. The van der Waals surface area contributed by atoms with Crippen LogP contribution in [0.5, 0.6) is 5.75 Å². The molecule has 1 heterocycles. The van der Waals surface area contributed by atoms with Gasteiger partial charge in [-0.05, 0) is 42.1 Å². The van der Waals surface area contributed by atoms with Gasteiger partial charge in [-0.15, -0.1) is 0 Å². The Hall–Kier alpha value is -2.35. The second-order valence-electron chi connectivity index (χ2n) is 6.60. The lowest BCUT2D eigenvalue weighted by Gasteiger charge is -2.20. The highest BCUT2D eigenvalue weighted by Gasteiger charge is 2.25. The highest BCUT2D eigenvalue weighted by molar-refractivity contribution is 5.28. The number of β-amino-alcohol motifs (C(OH)–C–C–N with tert-alkyl or cyclic N) is 1. The molecular formula is C21H24N2O2. The summed E-state index contributed by atoms with van der Waals surface area (Å²) < 4.78 is 5.66. The Morgan fingerprint density at radius 2 is 1.92 bits per heavy atom. The summed E-state index contributed by atoms with van der Waals surface area (Å²) in [5.74, 6) is 1.28. The van der Waals surface area contributed by atoms with Gasteiger partial charge in [0.15, 0.2) is 0 Å². The van der Waals surface area contributed by atoms with Gasteiger partial charge in [0.2, 0.25) is 0 Å². The number of aliphatic hydroxyl groups excluding tert-OH is 1. The lowest BCUT2D eigenvalue weighted by atomic mass is 9.99. The number of benzene rings is 2. The highest BCUT2D eigenvalue weighted by Crippen LogP contribution is 2.26. The molecule has 4 nitrogen and oxygen atoms in total. The van der Waals surface area contributed by atoms with E-state index in [1.165, 1.54) is 5.56 Å². The molecule has 4 heteroatoms. The van der Waals surface area contributed by atoms with Crippen LogP contribution in [0.1, 0.15) is 23.5 Å². The maximum absolute atomic E-state index is 10.3. The number of nitrogens with zero attached hydrogens (tertiary/aromatic N) is 2. The molecule has 0 aromatic heterocycles. The Kier molecular flexibility index (Phi) is 6.05. The van der Waals surface area contributed by atoms with Crippen molar-refractivity contribution in [2.75, 3.05) is 26.2 Å². The van der Waals surface area contributed by atoms with Crippen molar-refractivity contribution < 1.29 is 9.84 Å². The van der Waals surface area contributed by atoms with E-state index in [4.69, 9.17) is 10.00 Å². The standard InChI is InChI=1S/C21H24N2O2/c22-12-10-17-6-8-21(9-7-17)25-16-20(24)15-23-13-11-19(14-23)18-4-2-1-3-5-18/h1-9,19-20,24H,10-11,13-16H2/t19-,20-/m1/s1. The normalized spacial score (nSPS) is 18.6. The van der Waals surface area contributed by atoms with Gasteiger partial charge in [0.25, 0.3) is 0 Å². The van der Waals surface area contributed by atoms with Gasteiger partial charge >= 0.3 is 0 Å². The van der Waals surface area contributed by atoms with Crippen molar-refractivity contribution >= 4 is 0 Å². The third-order valence-corrected chi connectivity index (χ3v) is 4.66. The Balaban J connectivity index is 1.42. The molecule has 1 saturated heterocycles. The van der Waals surface area contributed by atoms with E-state index in [9.17, 15) is 5.11 Å². The Morgan fingerprint density at radius 3 is 2.64 bits per heavy atom. The van der Waals surface area contributed by atoms with Gasteiger partial charge in [0, 0.05) is 13.1 Å². The minimum Gasteiger partial charge on any atom is -0.491 e. The van der Waals surface area contributed by atoms with Crippen LogP contribution in [0.25, 0.3) is 0 Å². The molecule has 0 radical (unpaired) electrons. The maximum Gasteiger partial charge on any atom is 0.119 e. The monoisotopic (exact) mass is 336 g/mol. The first-order chi connectivity index (χ1) is 12.2. The quantitative estimate of drug-likeness (QED) is 0.844. The largest absolute Gasteiger partial charge is 0.491 e. The van der Waals surface area contributed by atoms with E-state index >= 15 is 0 Å². The SMILES string of the molecule is N#CCc1ccc(OC[C@H](O)CN2CC[C@@H](c3ccccc3)C2)cc1. The van der Waals surface area contributed by atoms with Crippen molar-refractivity contribution in [3.63, 3.8) is 0 Å². The van der Waals surface area contributed by atoms with Crippen LogP contribution in [0.3, 0.4) is 0 Å². The molecule has 2 atom stereocenters. The van der Waals surface area contributed by atoms with Gasteiger partial charge in [0.05, 0.1) is 12.5 Å². The summed E-state index contributed by atoms with van der Waals surface area (Å²) in [6.07, 6.45) is 1.03. The Labute approximate surface area is 149 Å². The summed E-state index contributed by atoms with van der Waals surface area (Å²) in [6.45, 7) is 2.92. The summed E-state index contributed by atoms with van der Waals surface area (Å²) in [7, 11) is 0. The number of rotatable bonds is 7. The fourth-order valence-corrected chi connectivity index (χ4v) is 3.33. The van der Waals surface area contributed by atoms with Crippen LogP contribution in [-0.2, 0) is 6.42 Å². The Bertz CT molecular complexity index is 694. The molecule has 25 heavy (non-hydrogen) atoms. The molecule has 1 fully saturated rings. The minimum absolute atomic E-state index is 0.282. The van der Waals surface area contributed by atoms with E-state index in [1.807, 2.05) is 30.3 Å². The first-order valence-corrected chi connectivity index (χ1v) is 8.78. The van der Waals surface area contributed by atoms with Crippen LogP contribution in [0.4, 0.5) is 0 Å². The zero-order valence-corrected chi connectivity index (χ0v) is 14.3. The van der Waals surface area contributed by atoms with Crippen molar-refractivity contribution in [2.45, 2.75) is 24.9 Å². The number of nitriles is 1. The van der Waals surface area contributed by atoms with E-state index in [0.717, 1.165) is 30.8 Å². The Morgan fingerprint density at radius 1 is 1.16 bits per heavy atom. The third-order valence-electron chi connectivity index (χ3n) is 4.66. The van der Waals surface area contributed by atoms with Crippen LogP contribution in [0.2, 0.25) is 0 Å². The van der Waals surface area contributed by atoms with Crippen molar-refractivity contribution in [1.82, 2.24) is 4.90 Å². The van der Waals surface area contributed by atoms with Crippen LogP contribution in [0.15, 0.2) is 54.6 Å². The lowest BCUT2D eigenvalue weighted by molar-refractivity contribution is 0.0754. The average molecular weight is 336 g/mol. The second kappa shape index (κ2) is 8.66. The zero-order chi connectivity index (χ0) is 17.5. The molecule has 2 aromatic rings. The van der Waals surface area contributed by atoms with Gasteiger partial charge in [-0.1, -0.05) is 42.5 Å². The van der Waals surface area contributed by atoms with Gasteiger partial charge in [-0.25, -0.2) is 0 Å². The van der Waals surface area contributed by atoms with Crippen LogP contribution >= 0.6 is 0 Å². The minimum atomic E-state index is -0.506. The molecule has 3 rings (SSSR count). The van der Waals surface area contributed by atoms with Crippen molar-refractivity contribution in [1.29, 1.82) is 5.26 Å². The number of hydrogen-bond donors (Lipinski definition) is 1. The second-order valence-corrected chi connectivity index (χ2v) is 6.60. The number of likely N-dealkylation sites (tertiary alicyclic amines) is 1. The number of hydrogen-bond acceptors (Lipinski definition) is 4. The van der Waals surface area contributed by atoms with Crippen molar-refractivity contribution in [2.24, 2.45) is 0 Å². The van der Waals surface area contributed by atoms with Crippen LogP contribution in [0, 0.1) is 11.3 Å². The lowest BCUT2D eigenvalue weighted by Crippen LogP contribution is -2.34. The molecule has 1 N–H and O–H groups in total. The fraction of sp³-hybridized carbons (Fsp3) is 0.381. The molecular weight excluding hydrogens is 312 g/mol. The molecule has 0 aliphatic carbocycles. The summed E-state index contributed by atoms with van der Waals surface area (Å²) >= 11 is 0. The molecule has 0 spiro atoms. The average Bonchev–Trinajstić information content (AvgIpc) is 3.11. The molecule has 1 aliphatic rings. The molecule has 0 unspecified atom stereocenters. The van der Waals surface area contributed by atoms with Gasteiger partial charge in [-0.3, -0.25) is 0 Å². The smallest absolute Gasteiger partial charge is 0.119 e. The summed E-state index contributed by atoms with van der Waals surface area (Å²) in [4.78, 5) is 2.31. The van der Waals surface area contributed by atoms with E-state index in [2.05, 4.69) is 35.2 Å². The molecule has 2 aromatic carbocycles. The number of aliphatic hydroxyl groups is 1. The van der Waals surface area contributed by atoms with E-state index in [0.29, 0.717) is 18.9 Å². The molecule has 0 bridgehead atoms. The number of ether oxygens (including phenoxy) is 1. The highest BCUT2D eigenvalue weighted by atomic mass is 16.5. The predicted octanol–water partition coefficient (Wildman–Crippen LogP) is 2.98. The van der Waals surface area contributed by atoms with Crippen LogP contribution in [-0.4, -0.2) is 42.4 Å². The van der Waals surface area contributed by atoms with Crippen molar-refractivity contribution in [3.05, 3.63) is 65.7 Å². The summed E-state index contributed by atoms with van der Waals surface area (Å²) in [5, 5.41) is 18.9. The van der Waals surface area contributed by atoms with E-state index in [-0.39, 0.29) is 6.61 Å². The molecule has 130 valence electrons. The summed E-state index contributed by atoms with van der Waals surface area (Å²) in [6, 6.07) is 20.2. The maximum atomic E-state index is 10.3. The molecule has 0 amide bonds. The van der Waals surface area contributed by atoms with Gasteiger partial charge in [0.1, 0.15) is 18.5 Å². The van der Waals surface area contributed by atoms with E-state index < -0.39 is 6.10 Å².